The van der Waals surface area contributed by atoms with E-state index in [9.17, 15) is 4.79 Å². The number of carbonyl (C=O) groups excluding carboxylic acids is 1. The predicted octanol–water partition coefficient (Wildman–Crippen LogP) is -0.473. The zero-order valence-corrected chi connectivity index (χ0v) is 12.8. The molecule has 0 saturated heterocycles. The Morgan fingerprint density at radius 2 is 2.25 bits per heavy atom. The van der Waals surface area contributed by atoms with Gasteiger partial charge in [0.25, 0.3) is 0 Å². The summed E-state index contributed by atoms with van der Waals surface area (Å²) in [6, 6.07) is 0. The zero-order valence-electron chi connectivity index (χ0n) is 12.0. The van der Waals surface area contributed by atoms with Gasteiger partial charge in [0.2, 0.25) is 11.1 Å². The van der Waals surface area contributed by atoms with Crippen LogP contribution in [0.5, 0.6) is 0 Å². The van der Waals surface area contributed by atoms with Gasteiger partial charge in [0.1, 0.15) is 0 Å². The van der Waals surface area contributed by atoms with Gasteiger partial charge in [0.05, 0.1) is 18.9 Å². The number of ether oxygens (including phenoxy) is 1. The summed E-state index contributed by atoms with van der Waals surface area (Å²) in [7, 11) is 1.67. The van der Waals surface area contributed by atoms with E-state index in [1.165, 1.54) is 11.8 Å². The third kappa shape index (κ3) is 6.83. The van der Waals surface area contributed by atoms with Crippen molar-refractivity contribution in [2.45, 2.75) is 25.0 Å². The number of hydrogen-bond acceptors (Lipinski definition) is 7. The molecule has 0 saturated carbocycles. The lowest BCUT2D eigenvalue weighted by Crippen LogP contribution is -2.26. The first kappa shape index (κ1) is 16.9. The van der Waals surface area contributed by atoms with Crippen LogP contribution >= 0.6 is 11.8 Å². The molecule has 0 unspecified atom stereocenters. The van der Waals surface area contributed by atoms with E-state index in [4.69, 9.17) is 4.74 Å². The number of hydrogen-bond donors (Lipinski definition) is 2. The van der Waals surface area contributed by atoms with Crippen LogP contribution in [0.1, 0.15) is 13.3 Å². The Morgan fingerprint density at radius 3 is 3.00 bits per heavy atom. The van der Waals surface area contributed by atoms with Crippen LogP contribution in [0, 0.1) is 0 Å². The van der Waals surface area contributed by atoms with Gasteiger partial charge in [-0.25, -0.2) is 4.68 Å². The Labute approximate surface area is 123 Å². The van der Waals surface area contributed by atoms with Crippen LogP contribution in [0.25, 0.3) is 0 Å². The van der Waals surface area contributed by atoms with E-state index in [1.807, 2.05) is 6.92 Å². The minimum atomic E-state index is 0.00428. The number of methoxy groups -OCH3 is 1. The van der Waals surface area contributed by atoms with Crippen molar-refractivity contribution in [3.8, 4) is 0 Å². The zero-order chi connectivity index (χ0) is 14.6. The van der Waals surface area contributed by atoms with E-state index in [0.29, 0.717) is 30.6 Å². The summed E-state index contributed by atoms with van der Waals surface area (Å²) in [5, 5.41) is 18.1. The number of nitrogens with one attached hydrogen (secondary N) is 2. The van der Waals surface area contributed by atoms with E-state index in [-0.39, 0.29) is 5.91 Å². The van der Waals surface area contributed by atoms with Gasteiger partial charge < -0.3 is 15.4 Å². The van der Waals surface area contributed by atoms with Crippen molar-refractivity contribution in [3.63, 3.8) is 0 Å². The third-order valence-electron chi connectivity index (χ3n) is 2.39. The minimum absolute atomic E-state index is 0.00428. The molecule has 8 nitrogen and oxygen atoms in total. The highest BCUT2D eigenvalue weighted by Crippen LogP contribution is 2.12. The van der Waals surface area contributed by atoms with Crippen molar-refractivity contribution in [3.05, 3.63) is 0 Å². The average Bonchev–Trinajstić information content (AvgIpc) is 2.90. The van der Waals surface area contributed by atoms with Gasteiger partial charge in [-0.1, -0.05) is 18.7 Å². The largest absolute Gasteiger partial charge is 0.383 e. The molecule has 1 aromatic rings. The molecule has 0 bridgehead atoms. The number of thioether (sulfide) groups is 1. The Balaban J connectivity index is 2.25. The van der Waals surface area contributed by atoms with Crippen molar-refractivity contribution < 1.29 is 9.53 Å². The van der Waals surface area contributed by atoms with E-state index in [2.05, 4.69) is 26.2 Å². The number of nitrogens with zero attached hydrogens (tertiary/aromatic N) is 4. The van der Waals surface area contributed by atoms with Crippen molar-refractivity contribution in [1.82, 2.24) is 30.8 Å². The summed E-state index contributed by atoms with van der Waals surface area (Å²) in [6.07, 6.45) is 0.932. The molecule has 0 atom stereocenters. The maximum absolute atomic E-state index is 11.5. The number of rotatable bonds is 11. The molecule has 0 aliphatic rings. The van der Waals surface area contributed by atoms with Gasteiger partial charge >= 0.3 is 0 Å². The quantitative estimate of drug-likeness (QED) is 0.421. The van der Waals surface area contributed by atoms with Crippen LogP contribution in [0.4, 0.5) is 0 Å². The lowest BCUT2D eigenvalue weighted by Gasteiger charge is -2.06. The molecule has 20 heavy (non-hydrogen) atoms. The molecule has 0 radical (unpaired) electrons. The summed E-state index contributed by atoms with van der Waals surface area (Å²) < 4.78 is 6.63. The molecule has 0 aliphatic heterocycles. The summed E-state index contributed by atoms with van der Waals surface area (Å²) in [5.41, 5.74) is 0. The fourth-order valence-corrected chi connectivity index (χ4v) is 2.10. The van der Waals surface area contributed by atoms with E-state index >= 15 is 0 Å². The SMILES string of the molecule is CCCNC(=O)CSc1nnnn1CCNCCOC. The first-order valence-electron chi connectivity index (χ1n) is 6.63. The molecular weight excluding hydrogens is 280 g/mol. The topological polar surface area (TPSA) is 94.0 Å². The summed E-state index contributed by atoms with van der Waals surface area (Å²) in [5.74, 6) is 0.335. The molecule has 0 spiro atoms. The fraction of sp³-hybridized carbons (Fsp3) is 0.818. The predicted molar refractivity (Wildman–Crippen MR) is 76.6 cm³/mol. The fourth-order valence-electron chi connectivity index (χ4n) is 1.37. The van der Waals surface area contributed by atoms with Crippen molar-refractivity contribution in [2.75, 3.05) is 39.1 Å². The number of amides is 1. The molecular formula is C11H22N6O2S. The minimum Gasteiger partial charge on any atom is -0.383 e. The van der Waals surface area contributed by atoms with E-state index < -0.39 is 0 Å². The molecule has 114 valence electrons. The van der Waals surface area contributed by atoms with Crippen LogP contribution in [0.15, 0.2) is 5.16 Å². The van der Waals surface area contributed by atoms with Crippen molar-refractivity contribution in [2.24, 2.45) is 0 Å². The van der Waals surface area contributed by atoms with E-state index in [0.717, 1.165) is 19.5 Å². The molecule has 1 rings (SSSR count). The maximum atomic E-state index is 11.5. The molecule has 1 aromatic heterocycles. The van der Waals surface area contributed by atoms with Crippen LogP contribution in [0.3, 0.4) is 0 Å². The Hall–Kier alpha value is -1.19. The second-order valence-corrected chi connectivity index (χ2v) is 5.01. The molecule has 2 N–H and O–H groups in total. The Bertz CT molecular complexity index is 387. The van der Waals surface area contributed by atoms with Gasteiger partial charge in [-0.2, -0.15) is 0 Å². The normalized spacial score (nSPS) is 10.7. The summed E-state index contributed by atoms with van der Waals surface area (Å²) >= 11 is 1.34. The molecule has 9 heteroatoms. The van der Waals surface area contributed by atoms with Crippen LogP contribution in [0.2, 0.25) is 0 Å². The Morgan fingerprint density at radius 1 is 1.40 bits per heavy atom. The lowest BCUT2D eigenvalue weighted by atomic mass is 10.5. The molecule has 1 amide bonds. The van der Waals surface area contributed by atoms with E-state index in [1.54, 1.807) is 11.8 Å². The molecule has 0 fully saturated rings. The summed E-state index contributed by atoms with van der Waals surface area (Å²) in [4.78, 5) is 11.5. The number of aromatic nitrogens is 4. The van der Waals surface area contributed by atoms with Crippen molar-refractivity contribution in [1.29, 1.82) is 0 Å². The van der Waals surface area contributed by atoms with Crippen LogP contribution in [-0.4, -0.2) is 65.2 Å². The lowest BCUT2D eigenvalue weighted by molar-refractivity contribution is -0.118. The van der Waals surface area contributed by atoms with Gasteiger partial charge in [-0.05, 0) is 16.8 Å². The molecule has 0 aromatic carbocycles. The smallest absolute Gasteiger partial charge is 0.230 e. The average molecular weight is 302 g/mol. The number of tetrazole rings is 1. The number of carbonyl (C=O) groups is 1. The van der Waals surface area contributed by atoms with Gasteiger partial charge in [0.15, 0.2) is 0 Å². The Kier molecular flexibility index (Phi) is 8.92. The first-order valence-corrected chi connectivity index (χ1v) is 7.61. The summed E-state index contributed by atoms with van der Waals surface area (Å²) in [6.45, 7) is 5.60. The first-order chi connectivity index (χ1) is 9.77. The highest BCUT2D eigenvalue weighted by Gasteiger charge is 2.09. The van der Waals surface area contributed by atoms with Gasteiger partial charge in [0, 0.05) is 26.7 Å². The standard InChI is InChI=1S/C11H22N6O2S/c1-3-4-13-10(18)9-20-11-14-15-16-17(11)7-5-12-6-8-19-2/h12H,3-9H2,1-2H3,(H,13,18). The highest BCUT2D eigenvalue weighted by atomic mass is 32.2. The second-order valence-electron chi connectivity index (χ2n) is 4.07. The third-order valence-corrected chi connectivity index (χ3v) is 3.34. The van der Waals surface area contributed by atoms with Gasteiger partial charge in [-0.3, -0.25) is 4.79 Å². The van der Waals surface area contributed by atoms with Crippen LogP contribution < -0.4 is 10.6 Å². The van der Waals surface area contributed by atoms with Crippen LogP contribution in [-0.2, 0) is 16.1 Å². The van der Waals surface area contributed by atoms with Crippen molar-refractivity contribution >= 4 is 17.7 Å². The highest BCUT2D eigenvalue weighted by molar-refractivity contribution is 7.99. The molecule has 0 aliphatic carbocycles. The second kappa shape index (κ2) is 10.6. The monoisotopic (exact) mass is 302 g/mol. The molecule has 1 heterocycles. The van der Waals surface area contributed by atoms with Gasteiger partial charge in [-0.15, -0.1) is 5.10 Å². The maximum Gasteiger partial charge on any atom is 0.230 e.